The molecule has 6 nitrogen and oxygen atoms in total. The maximum Gasteiger partial charge on any atom is 0.434 e. The van der Waals surface area contributed by atoms with E-state index in [9.17, 15) is 14.5 Å². The van der Waals surface area contributed by atoms with Crippen molar-refractivity contribution in [1.82, 2.24) is 9.55 Å². The lowest BCUT2D eigenvalue weighted by atomic mass is 10.4. The third-order valence-corrected chi connectivity index (χ3v) is 1.44. The molecule has 0 radical (unpaired) electrons. The summed E-state index contributed by atoms with van der Waals surface area (Å²) in [6.07, 6.45) is 1.31. The molecule has 0 unspecified atom stereocenters. The van der Waals surface area contributed by atoms with Crippen LogP contribution in [0.4, 0.5) is 10.3 Å². The van der Waals surface area contributed by atoms with Crippen LogP contribution >= 0.6 is 0 Å². The number of hydrogen-bond donors (Lipinski definition) is 1. The highest BCUT2D eigenvalue weighted by atomic mass is 18.2. The quantitative estimate of drug-likeness (QED) is 0.537. The van der Waals surface area contributed by atoms with Crippen molar-refractivity contribution in [3.63, 3.8) is 0 Å². The number of rotatable bonds is 4. The highest BCUT2D eigenvalue weighted by Gasteiger charge is 2.16. The van der Waals surface area contributed by atoms with Crippen LogP contribution in [0.5, 0.6) is 0 Å². The normalized spacial score (nSPS) is 12.8. The van der Waals surface area contributed by atoms with Crippen LogP contribution in [0.25, 0.3) is 0 Å². The lowest BCUT2D eigenvalue weighted by Crippen LogP contribution is -2.18. The molecule has 0 fully saturated rings. The zero-order chi connectivity index (χ0) is 9.84. The minimum absolute atomic E-state index is 0.160. The predicted molar refractivity (Wildman–Crippen MR) is 40.9 cm³/mol. The van der Waals surface area contributed by atoms with Crippen LogP contribution in [0.2, 0.25) is 0 Å². The van der Waals surface area contributed by atoms with Gasteiger partial charge in [-0.1, -0.05) is 4.98 Å². The molecule has 13 heavy (non-hydrogen) atoms. The number of aliphatic hydroxyl groups is 1. The molecule has 0 aliphatic carbocycles. The van der Waals surface area contributed by atoms with E-state index < -0.39 is 23.7 Å². The van der Waals surface area contributed by atoms with Crippen molar-refractivity contribution in [1.29, 1.82) is 0 Å². The van der Waals surface area contributed by atoms with Gasteiger partial charge in [-0.3, -0.25) is 0 Å². The molecular weight excluding hydrogens is 180 g/mol. The number of alkyl halides is 1. The van der Waals surface area contributed by atoms with Crippen LogP contribution < -0.4 is 0 Å². The molecule has 1 N–H and O–H groups in total. The van der Waals surface area contributed by atoms with Crippen molar-refractivity contribution in [2.24, 2.45) is 0 Å². The van der Waals surface area contributed by atoms with Crippen molar-refractivity contribution < 1.29 is 14.4 Å². The van der Waals surface area contributed by atoms with Crippen molar-refractivity contribution in [2.45, 2.75) is 12.6 Å². The number of aromatic nitrogens is 2. The molecule has 7 heteroatoms. The number of aliphatic hydroxyl groups excluding tert-OH is 1. The summed E-state index contributed by atoms with van der Waals surface area (Å²) in [5.41, 5.74) is 0. The smallest absolute Gasteiger partial charge is 0.390 e. The number of nitrogens with zero attached hydrogens (tertiary/aromatic N) is 3. The fraction of sp³-hybridized carbons (Fsp3) is 0.500. The molecule has 1 aromatic rings. The maximum atomic E-state index is 11.9. The Morgan fingerprint density at radius 2 is 2.54 bits per heavy atom. The van der Waals surface area contributed by atoms with Crippen LogP contribution in [0.15, 0.2) is 12.4 Å². The van der Waals surface area contributed by atoms with Crippen LogP contribution in [0.3, 0.4) is 0 Å². The fourth-order valence-electron chi connectivity index (χ4n) is 0.892. The Labute approximate surface area is 72.8 Å². The van der Waals surface area contributed by atoms with E-state index in [1.807, 2.05) is 0 Å². The number of imidazole rings is 1. The van der Waals surface area contributed by atoms with Gasteiger partial charge >= 0.3 is 5.95 Å². The first-order valence-electron chi connectivity index (χ1n) is 3.54. The Balaban J connectivity index is 2.76. The molecule has 0 saturated carbocycles. The molecule has 0 saturated heterocycles. The minimum Gasteiger partial charge on any atom is -0.390 e. The molecule has 72 valence electrons. The van der Waals surface area contributed by atoms with Gasteiger partial charge in [0.1, 0.15) is 31.7 Å². The van der Waals surface area contributed by atoms with Crippen LogP contribution in [-0.2, 0) is 6.54 Å². The average molecular weight is 188 g/mol. The van der Waals surface area contributed by atoms with E-state index in [4.69, 9.17) is 5.11 Å². The highest BCUT2D eigenvalue weighted by Crippen LogP contribution is 2.08. The predicted octanol–water partition coefficient (Wildman–Crippen LogP) is 0.122. The molecule has 0 aliphatic heterocycles. The molecule has 1 rings (SSSR count). The monoisotopic (exact) mass is 188 g/mol. The summed E-state index contributed by atoms with van der Waals surface area (Å²) in [7, 11) is 0. The lowest BCUT2D eigenvalue weighted by molar-refractivity contribution is -0.397. The van der Waals surface area contributed by atoms with Crippen LogP contribution in [-0.4, -0.2) is 32.4 Å². The number of nitro groups is 1. The van der Waals surface area contributed by atoms with Gasteiger partial charge < -0.3 is 15.2 Å². The second kappa shape index (κ2) is 3.94. The van der Waals surface area contributed by atoms with Gasteiger partial charge in [0.05, 0.1) is 0 Å². The van der Waals surface area contributed by atoms with Gasteiger partial charge in [-0.2, -0.15) is 0 Å². The van der Waals surface area contributed by atoms with Crippen molar-refractivity contribution in [3.05, 3.63) is 22.5 Å². The van der Waals surface area contributed by atoms with E-state index in [0.717, 1.165) is 4.57 Å². The summed E-state index contributed by atoms with van der Waals surface area (Å²) in [5, 5.41) is 19.2. The summed E-state index contributed by atoms with van der Waals surface area (Å²) in [5.74, 6) is -0.396. The van der Waals surface area contributed by atoms with E-state index in [-0.39, 0.29) is 6.54 Å². The Hall–Kier alpha value is -1.50. The van der Waals surface area contributed by atoms with Gasteiger partial charge in [-0.15, -0.1) is 0 Å². The first kappa shape index (κ1) is 9.59. The highest BCUT2D eigenvalue weighted by molar-refractivity contribution is 5.06. The molecule has 0 aliphatic rings. The number of hydrogen-bond acceptors (Lipinski definition) is 4. The van der Waals surface area contributed by atoms with Crippen LogP contribution in [0.1, 0.15) is 0 Å². The molecule has 1 heterocycles. The zero-order valence-electron chi connectivity index (χ0n) is 6.63. The van der Waals surface area contributed by atoms with Crippen molar-refractivity contribution in [3.8, 4) is 0 Å². The summed E-state index contributed by atoms with van der Waals surface area (Å²) in [4.78, 5) is 13.0. The second-order valence-electron chi connectivity index (χ2n) is 2.44. The average Bonchev–Trinajstić information content (AvgIpc) is 2.52. The first-order chi connectivity index (χ1) is 6.15. The van der Waals surface area contributed by atoms with Gasteiger partial charge in [0.2, 0.25) is 0 Å². The Kier molecular flexibility index (Phi) is 2.91. The second-order valence-corrected chi connectivity index (χ2v) is 2.44. The van der Waals surface area contributed by atoms with Crippen molar-refractivity contribution in [2.75, 3.05) is 6.67 Å². The third kappa shape index (κ3) is 2.22. The standard InChI is InChI=1S/C6H8FN3O3/c7-3-5(11)4-9-2-1-8-6(9)10(12)13/h1-2,5,11H,3-4H2/t5-/m1/s1/i7-1. The molecule has 0 spiro atoms. The Morgan fingerprint density at radius 1 is 1.85 bits per heavy atom. The summed E-state index contributed by atoms with van der Waals surface area (Å²) >= 11 is 0. The van der Waals surface area contributed by atoms with E-state index in [1.165, 1.54) is 12.4 Å². The van der Waals surface area contributed by atoms with E-state index >= 15 is 0 Å². The van der Waals surface area contributed by atoms with Gasteiger partial charge in [-0.25, -0.2) is 8.96 Å². The number of halogens is 1. The molecular formula is C6H8FN3O3. The van der Waals surface area contributed by atoms with Crippen molar-refractivity contribution >= 4 is 5.95 Å². The van der Waals surface area contributed by atoms with Crippen LogP contribution in [0, 0.1) is 10.1 Å². The molecule has 1 aromatic heterocycles. The summed E-state index contributed by atoms with van der Waals surface area (Å²) < 4.78 is 12.9. The lowest BCUT2D eigenvalue weighted by Gasteiger charge is -2.04. The molecule has 0 aromatic carbocycles. The fourth-order valence-corrected chi connectivity index (χ4v) is 0.892. The van der Waals surface area contributed by atoms with Gasteiger partial charge in [0.25, 0.3) is 0 Å². The molecule has 0 bridgehead atoms. The van der Waals surface area contributed by atoms with Gasteiger partial charge in [0.15, 0.2) is 0 Å². The minimum atomic E-state index is -1.23. The Bertz CT molecular complexity index is 301. The topological polar surface area (TPSA) is 81.2 Å². The van der Waals surface area contributed by atoms with Gasteiger partial charge in [-0.05, 0) is 4.92 Å². The molecule has 1 atom stereocenters. The Morgan fingerprint density at radius 3 is 3.08 bits per heavy atom. The zero-order valence-corrected chi connectivity index (χ0v) is 6.63. The van der Waals surface area contributed by atoms with E-state index in [1.54, 1.807) is 0 Å². The maximum absolute atomic E-state index is 11.9. The first-order valence-corrected chi connectivity index (χ1v) is 3.54. The van der Waals surface area contributed by atoms with E-state index in [2.05, 4.69) is 4.98 Å². The van der Waals surface area contributed by atoms with E-state index in [0.29, 0.717) is 0 Å². The molecule has 0 amide bonds. The largest absolute Gasteiger partial charge is 0.434 e. The SMILES string of the molecule is O=[N+]([O-])c1nccn1C[C@H](O)C[18F]. The summed E-state index contributed by atoms with van der Waals surface area (Å²) in [6.45, 7) is -1.10. The van der Waals surface area contributed by atoms with Gasteiger partial charge in [0, 0.05) is 0 Å². The third-order valence-electron chi connectivity index (χ3n) is 1.44. The summed E-state index contributed by atoms with van der Waals surface area (Å²) in [6, 6.07) is 0.